The second-order valence-electron chi connectivity index (χ2n) is 22.1. The molecule has 3 atom stereocenters. The summed E-state index contributed by atoms with van der Waals surface area (Å²) in [7, 11) is 1.59. The van der Waals surface area contributed by atoms with Crippen LogP contribution in [0.25, 0.3) is 0 Å². The van der Waals surface area contributed by atoms with Crippen LogP contribution in [0.15, 0.2) is 12.2 Å². The lowest BCUT2D eigenvalue weighted by Crippen LogP contribution is -2.45. The number of phosphoric acid groups is 1. The highest BCUT2D eigenvalue weighted by atomic mass is 31.2. The van der Waals surface area contributed by atoms with Gasteiger partial charge in [-0.2, -0.15) is 0 Å². The first-order valence-electron chi connectivity index (χ1n) is 30.1. The first kappa shape index (κ1) is 67.2. The van der Waals surface area contributed by atoms with Gasteiger partial charge in [-0.1, -0.05) is 296 Å². The van der Waals surface area contributed by atoms with Crippen LogP contribution in [0.5, 0.6) is 0 Å². The molecule has 3 unspecified atom stereocenters. The Morgan fingerprint density at radius 2 is 0.779 bits per heavy atom. The van der Waals surface area contributed by atoms with Crippen molar-refractivity contribution in [3.05, 3.63) is 12.2 Å². The summed E-state index contributed by atoms with van der Waals surface area (Å²) in [4.78, 5) is 23.3. The van der Waals surface area contributed by atoms with Gasteiger partial charge in [0.05, 0.1) is 39.9 Å². The first-order chi connectivity index (χ1) is 33.0. The maximum atomic E-state index is 13.0. The molecule has 0 saturated heterocycles. The SMILES string of the molecule is CCCCCCCCCCCCCCCCCCCCCCCCCC/C=C/C(O)C(COP(=O)(O)OCC[N+](C)(C)C)NC(=O)CCCCCCCCCCCCCCCCCCCCCC. The Morgan fingerprint density at radius 3 is 1.09 bits per heavy atom. The van der Waals surface area contributed by atoms with Gasteiger partial charge in [0.25, 0.3) is 0 Å². The van der Waals surface area contributed by atoms with Gasteiger partial charge >= 0.3 is 7.82 Å². The molecule has 0 bridgehead atoms. The molecule has 0 spiro atoms. The predicted molar refractivity (Wildman–Crippen MR) is 295 cm³/mol. The smallest absolute Gasteiger partial charge is 0.387 e. The number of amides is 1. The number of carbonyl (C=O) groups excluding carboxylic acids is 1. The van der Waals surface area contributed by atoms with E-state index in [-0.39, 0.29) is 19.1 Å². The Morgan fingerprint density at radius 1 is 0.485 bits per heavy atom. The number of nitrogens with one attached hydrogen (secondary N) is 1. The predicted octanol–water partition coefficient (Wildman–Crippen LogP) is 18.2. The van der Waals surface area contributed by atoms with Crippen molar-refractivity contribution in [2.75, 3.05) is 40.9 Å². The van der Waals surface area contributed by atoms with Crippen LogP contribution in [0, 0.1) is 0 Å². The van der Waals surface area contributed by atoms with Gasteiger partial charge in [-0.25, -0.2) is 4.57 Å². The zero-order chi connectivity index (χ0) is 49.9. The lowest BCUT2D eigenvalue weighted by Gasteiger charge is -2.25. The van der Waals surface area contributed by atoms with Crippen LogP contribution < -0.4 is 5.32 Å². The number of quaternary nitrogens is 1. The summed E-state index contributed by atoms with van der Waals surface area (Å²) >= 11 is 0. The molecule has 0 aliphatic heterocycles. The molecule has 8 nitrogen and oxygen atoms in total. The second kappa shape index (κ2) is 51.2. The Hall–Kier alpha value is -0.760. The lowest BCUT2D eigenvalue weighted by molar-refractivity contribution is -0.870. The maximum absolute atomic E-state index is 13.0. The molecule has 0 saturated carbocycles. The molecule has 3 N–H and O–H groups in total. The zero-order valence-electron chi connectivity index (χ0n) is 46.4. The average Bonchev–Trinajstić information content (AvgIpc) is 3.30. The molecule has 406 valence electrons. The molecule has 0 fully saturated rings. The molecular weight excluding hydrogens is 864 g/mol. The van der Waals surface area contributed by atoms with E-state index in [4.69, 9.17) is 9.05 Å². The number of hydrogen-bond acceptors (Lipinski definition) is 5. The van der Waals surface area contributed by atoms with Crippen molar-refractivity contribution in [2.24, 2.45) is 0 Å². The number of rotatable bonds is 56. The number of nitrogens with zero attached hydrogens (tertiary/aromatic N) is 1. The molecule has 68 heavy (non-hydrogen) atoms. The highest BCUT2D eigenvalue weighted by Crippen LogP contribution is 2.43. The fourth-order valence-corrected chi connectivity index (χ4v) is 10.0. The van der Waals surface area contributed by atoms with Crippen LogP contribution in [0.2, 0.25) is 0 Å². The fourth-order valence-electron chi connectivity index (χ4n) is 9.28. The van der Waals surface area contributed by atoms with Crippen LogP contribution >= 0.6 is 7.82 Å². The standard InChI is InChI=1S/C59H119N2O6P/c1-6-8-10-12-14-16-18-20-22-24-26-28-29-30-31-32-33-34-36-38-40-42-44-46-48-50-52-58(62)57(56-67-68(64,65)66-55-54-61(3,4)5)60-59(63)53-51-49-47-45-43-41-39-37-35-27-25-23-21-19-17-15-13-11-9-7-2/h50,52,57-58,62H,6-49,51,53-56H2,1-5H3,(H-,60,63,64,65)/p+1/b52-50+. The van der Waals surface area contributed by atoms with Crippen LogP contribution in [-0.4, -0.2) is 73.4 Å². The van der Waals surface area contributed by atoms with Crippen molar-refractivity contribution >= 4 is 13.7 Å². The number of likely N-dealkylation sites (N-methyl/N-ethyl adjacent to an activating group) is 1. The van der Waals surface area contributed by atoms with Gasteiger partial charge in [0, 0.05) is 6.42 Å². The van der Waals surface area contributed by atoms with E-state index < -0.39 is 20.0 Å². The third kappa shape index (κ3) is 53.0. The minimum Gasteiger partial charge on any atom is -0.387 e. The van der Waals surface area contributed by atoms with Gasteiger partial charge in [0.1, 0.15) is 13.2 Å². The summed E-state index contributed by atoms with van der Waals surface area (Å²) in [5.41, 5.74) is 0. The van der Waals surface area contributed by atoms with Gasteiger partial charge in [-0.3, -0.25) is 13.8 Å². The molecule has 0 rings (SSSR count). The Kier molecular flexibility index (Phi) is 50.6. The van der Waals surface area contributed by atoms with E-state index in [1.54, 1.807) is 6.08 Å². The van der Waals surface area contributed by atoms with Gasteiger partial charge in [0.15, 0.2) is 0 Å². The second-order valence-corrected chi connectivity index (χ2v) is 23.5. The molecule has 0 aliphatic carbocycles. The van der Waals surface area contributed by atoms with E-state index in [1.165, 1.54) is 257 Å². The van der Waals surface area contributed by atoms with Crippen LogP contribution in [0.3, 0.4) is 0 Å². The number of allylic oxidation sites excluding steroid dienone is 1. The summed E-state index contributed by atoms with van der Waals surface area (Å²) < 4.78 is 23.7. The van der Waals surface area contributed by atoms with Gasteiger partial charge in [-0.15, -0.1) is 0 Å². The van der Waals surface area contributed by atoms with E-state index in [0.717, 1.165) is 32.1 Å². The van der Waals surface area contributed by atoms with Crippen LogP contribution in [0.4, 0.5) is 0 Å². The fraction of sp³-hybridized carbons (Fsp3) is 0.949. The summed E-state index contributed by atoms with van der Waals surface area (Å²) in [5, 5.41) is 14.0. The average molecular weight is 985 g/mol. The summed E-state index contributed by atoms with van der Waals surface area (Å²) in [6.45, 7) is 4.87. The molecule has 9 heteroatoms. The van der Waals surface area contributed by atoms with E-state index in [9.17, 15) is 19.4 Å². The number of aliphatic hydroxyl groups is 1. The summed E-state index contributed by atoms with van der Waals surface area (Å²) in [6, 6.07) is -0.842. The quantitative estimate of drug-likeness (QED) is 0.0243. The molecule has 0 aliphatic rings. The zero-order valence-corrected chi connectivity index (χ0v) is 47.3. The van der Waals surface area contributed by atoms with Gasteiger partial charge in [-0.05, 0) is 19.3 Å². The molecule has 0 heterocycles. The van der Waals surface area contributed by atoms with Gasteiger partial charge in [0.2, 0.25) is 5.91 Å². The molecule has 1 amide bonds. The topological polar surface area (TPSA) is 105 Å². The normalized spacial score (nSPS) is 13.9. The number of aliphatic hydroxyl groups excluding tert-OH is 1. The number of phosphoric ester groups is 1. The monoisotopic (exact) mass is 984 g/mol. The largest absolute Gasteiger partial charge is 0.472 e. The van der Waals surface area contributed by atoms with Crippen molar-refractivity contribution < 1.29 is 32.9 Å². The molecule has 0 aromatic heterocycles. The van der Waals surface area contributed by atoms with Crippen molar-refractivity contribution in [1.82, 2.24) is 5.32 Å². The van der Waals surface area contributed by atoms with Crippen molar-refractivity contribution in [2.45, 2.75) is 321 Å². The number of carbonyl (C=O) groups is 1. The molecular formula is C59H120N2O6P+. The van der Waals surface area contributed by atoms with Gasteiger partial charge < -0.3 is 19.8 Å². The van der Waals surface area contributed by atoms with Crippen LogP contribution in [0.1, 0.15) is 309 Å². The number of hydrogen-bond donors (Lipinski definition) is 3. The minimum atomic E-state index is -4.34. The molecule has 0 aromatic rings. The Bertz CT molecular complexity index is 1120. The Balaban J connectivity index is 4.15. The Labute approximate surface area is 424 Å². The molecule has 0 aromatic carbocycles. The van der Waals surface area contributed by atoms with Crippen molar-refractivity contribution in [1.29, 1.82) is 0 Å². The van der Waals surface area contributed by atoms with Crippen molar-refractivity contribution in [3.8, 4) is 0 Å². The van der Waals surface area contributed by atoms with E-state index in [0.29, 0.717) is 17.4 Å². The minimum absolute atomic E-state index is 0.0653. The van der Waals surface area contributed by atoms with Crippen LogP contribution in [-0.2, 0) is 18.4 Å². The third-order valence-electron chi connectivity index (χ3n) is 14.0. The van der Waals surface area contributed by atoms with E-state index in [1.807, 2.05) is 27.2 Å². The first-order valence-corrected chi connectivity index (χ1v) is 31.6. The van der Waals surface area contributed by atoms with Crippen molar-refractivity contribution in [3.63, 3.8) is 0 Å². The maximum Gasteiger partial charge on any atom is 0.472 e. The summed E-state index contributed by atoms with van der Waals surface area (Å²) in [5.74, 6) is -0.169. The van der Waals surface area contributed by atoms with E-state index >= 15 is 0 Å². The third-order valence-corrected chi connectivity index (χ3v) is 15.0. The molecule has 0 radical (unpaired) electrons. The highest BCUT2D eigenvalue weighted by Gasteiger charge is 2.27. The van der Waals surface area contributed by atoms with E-state index in [2.05, 4.69) is 19.2 Å². The highest BCUT2D eigenvalue weighted by molar-refractivity contribution is 7.47. The number of unbranched alkanes of at least 4 members (excludes halogenated alkanes) is 43. The lowest BCUT2D eigenvalue weighted by atomic mass is 10.0. The summed E-state index contributed by atoms with van der Waals surface area (Å²) in [6.07, 6.45) is 63.2.